The molecule has 19 heavy (non-hydrogen) atoms. The van der Waals surface area contributed by atoms with E-state index in [1.54, 1.807) is 0 Å². The third kappa shape index (κ3) is 3.15. The highest BCUT2D eigenvalue weighted by atomic mass is 79.9. The summed E-state index contributed by atoms with van der Waals surface area (Å²) < 4.78 is 0.617. The van der Waals surface area contributed by atoms with Gasteiger partial charge in [0.05, 0.1) is 16.1 Å². The standard InChI is InChI=1S/C16H14BrNO/c1-2-11-3-5-12(6-4-11)7-13-8-15(17)16(19)9-14(13)10-18/h3-6,8-9,19H,2,7H2,1H3. The largest absolute Gasteiger partial charge is 0.507 e. The van der Waals surface area contributed by atoms with E-state index in [2.05, 4.69) is 53.2 Å². The number of aryl methyl sites for hydroxylation is 1. The van der Waals surface area contributed by atoms with Crippen molar-refractivity contribution in [1.29, 1.82) is 5.26 Å². The Bertz CT molecular complexity index is 626. The maximum atomic E-state index is 9.59. The Balaban J connectivity index is 2.32. The second-order valence-electron chi connectivity index (χ2n) is 4.42. The summed E-state index contributed by atoms with van der Waals surface area (Å²) in [5, 5.41) is 18.7. The van der Waals surface area contributed by atoms with E-state index in [1.165, 1.54) is 11.6 Å². The molecule has 2 aromatic carbocycles. The predicted octanol–water partition coefficient (Wildman–Crippen LogP) is 4.18. The first-order chi connectivity index (χ1) is 9.13. The zero-order chi connectivity index (χ0) is 13.8. The molecule has 0 aliphatic rings. The van der Waals surface area contributed by atoms with Gasteiger partial charge in [-0.15, -0.1) is 0 Å². The van der Waals surface area contributed by atoms with E-state index in [9.17, 15) is 5.11 Å². The van der Waals surface area contributed by atoms with Crippen LogP contribution >= 0.6 is 15.9 Å². The monoisotopic (exact) mass is 315 g/mol. The van der Waals surface area contributed by atoms with Crippen molar-refractivity contribution in [3.05, 3.63) is 63.1 Å². The molecular formula is C16H14BrNO. The molecule has 2 nitrogen and oxygen atoms in total. The smallest absolute Gasteiger partial charge is 0.131 e. The van der Waals surface area contributed by atoms with E-state index >= 15 is 0 Å². The molecule has 96 valence electrons. The van der Waals surface area contributed by atoms with Gasteiger partial charge < -0.3 is 5.11 Å². The minimum atomic E-state index is 0.0987. The number of nitriles is 1. The van der Waals surface area contributed by atoms with E-state index in [-0.39, 0.29) is 5.75 Å². The van der Waals surface area contributed by atoms with Gasteiger partial charge in [-0.1, -0.05) is 31.2 Å². The Hall–Kier alpha value is -1.79. The molecule has 2 aromatic rings. The van der Waals surface area contributed by atoms with Crippen molar-refractivity contribution in [3.8, 4) is 11.8 Å². The van der Waals surface area contributed by atoms with Gasteiger partial charge in [-0.3, -0.25) is 0 Å². The van der Waals surface area contributed by atoms with Gasteiger partial charge in [-0.05, 0) is 57.6 Å². The molecule has 3 heteroatoms. The number of hydrogen-bond acceptors (Lipinski definition) is 2. The van der Waals surface area contributed by atoms with Crippen molar-refractivity contribution in [2.75, 3.05) is 0 Å². The molecule has 0 aromatic heterocycles. The lowest BCUT2D eigenvalue weighted by Gasteiger charge is -2.07. The number of phenolic OH excluding ortho intramolecular Hbond substituents is 1. The van der Waals surface area contributed by atoms with Crippen LogP contribution in [0.25, 0.3) is 0 Å². The molecule has 2 rings (SSSR count). The Morgan fingerprint density at radius 3 is 2.37 bits per heavy atom. The molecule has 0 fully saturated rings. The van der Waals surface area contributed by atoms with Crippen LogP contribution in [0.4, 0.5) is 0 Å². The van der Waals surface area contributed by atoms with Gasteiger partial charge in [0.25, 0.3) is 0 Å². The second kappa shape index (κ2) is 5.90. The van der Waals surface area contributed by atoms with Crippen LogP contribution < -0.4 is 0 Å². The highest BCUT2D eigenvalue weighted by Crippen LogP contribution is 2.28. The zero-order valence-corrected chi connectivity index (χ0v) is 12.2. The number of aromatic hydroxyl groups is 1. The third-order valence-corrected chi connectivity index (χ3v) is 3.75. The van der Waals surface area contributed by atoms with E-state index in [4.69, 9.17) is 5.26 Å². The van der Waals surface area contributed by atoms with Gasteiger partial charge in [0, 0.05) is 0 Å². The normalized spacial score (nSPS) is 10.2. The molecule has 0 saturated carbocycles. The zero-order valence-electron chi connectivity index (χ0n) is 10.7. The highest BCUT2D eigenvalue weighted by Gasteiger charge is 2.08. The fraction of sp³-hybridized carbons (Fsp3) is 0.188. The van der Waals surface area contributed by atoms with Crippen LogP contribution in [-0.2, 0) is 12.8 Å². The lowest BCUT2D eigenvalue weighted by Crippen LogP contribution is -1.93. The molecule has 1 N–H and O–H groups in total. The van der Waals surface area contributed by atoms with Crippen LogP contribution in [0.15, 0.2) is 40.9 Å². The fourth-order valence-electron chi connectivity index (χ4n) is 1.97. The lowest BCUT2D eigenvalue weighted by atomic mass is 9.99. The summed E-state index contributed by atoms with van der Waals surface area (Å²) in [4.78, 5) is 0. The van der Waals surface area contributed by atoms with Gasteiger partial charge in [0.1, 0.15) is 5.75 Å². The molecule has 0 atom stereocenters. The van der Waals surface area contributed by atoms with Gasteiger partial charge in [0.2, 0.25) is 0 Å². The summed E-state index contributed by atoms with van der Waals surface area (Å²) >= 11 is 3.29. The minimum Gasteiger partial charge on any atom is -0.507 e. The van der Waals surface area contributed by atoms with Gasteiger partial charge in [0.15, 0.2) is 0 Å². The maximum absolute atomic E-state index is 9.59. The van der Waals surface area contributed by atoms with Crippen LogP contribution in [0.5, 0.6) is 5.75 Å². The van der Waals surface area contributed by atoms with Crippen LogP contribution in [-0.4, -0.2) is 5.11 Å². The van der Waals surface area contributed by atoms with Crippen molar-refractivity contribution in [3.63, 3.8) is 0 Å². The highest BCUT2D eigenvalue weighted by molar-refractivity contribution is 9.10. The molecule has 0 unspecified atom stereocenters. The number of benzene rings is 2. The first-order valence-electron chi connectivity index (χ1n) is 6.13. The average molecular weight is 316 g/mol. The molecule has 0 radical (unpaired) electrons. The number of hydrogen-bond donors (Lipinski definition) is 1. The van der Waals surface area contributed by atoms with Gasteiger partial charge in [-0.25, -0.2) is 0 Å². The van der Waals surface area contributed by atoms with Crippen molar-refractivity contribution in [2.45, 2.75) is 19.8 Å². The van der Waals surface area contributed by atoms with E-state index < -0.39 is 0 Å². The molecular weight excluding hydrogens is 302 g/mol. The number of rotatable bonds is 3. The summed E-state index contributed by atoms with van der Waals surface area (Å²) in [6.07, 6.45) is 1.71. The summed E-state index contributed by atoms with van der Waals surface area (Å²) in [6, 6.07) is 13.8. The molecule has 0 heterocycles. The van der Waals surface area contributed by atoms with Crippen LogP contribution in [0.1, 0.15) is 29.2 Å². The first kappa shape index (κ1) is 13.6. The first-order valence-corrected chi connectivity index (χ1v) is 6.92. The topological polar surface area (TPSA) is 44.0 Å². The molecule has 0 saturated heterocycles. The Morgan fingerprint density at radius 1 is 1.16 bits per heavy atom. The quantitative estimate of drug-likeness (QED) is 0.923. The molecule has 0 aliphatic carbocycles. The summed E-state index contributed by atoms with van der Waals surface area (Å²) in [5.41, 5.74) is 3.89. The number of nitrogens with zero attached hydrogens (tertiary/aromatic N) is 1. The van der Waals surface area contributed by atoms with Crippen LogP contribution in [0.3, 0.4) is 0 Å². The Labute approximate surface area is 121 Å². The molecule has 0 bridgehead atoms. The molecule has 0 aliphatic heterocycles. The van der Waals surface area contributed by atoms with Crippen LogP contribution in [0.2, 0.25) is 0 Å². The average Bonchev–Trinajstić information content (AvgIpc) is 2.43. The Morgan fingerprint density at radius 2 is 1.79 bits per heavy atom. The van der Waals surface area contributed by atoms with Crippen molar-refractivity contribution >= 4 is 15.9 Å². The predicted molar refractivity (Wildman–Crippen MR) is 79.1 cm³/mol. The molecule has 0 amide bonds. The van der Waals surface area contributed by atoms with E-state index in [1.807, 2.05) is 6.07 Å². The minimum absolute atomic E-state index is 0.0987. The summed E-state index contributed by atoms with van der Waals surface area (Å²) in [5.74, 6) is 0.0987. The van der Waals surface area contributed by atoms with E-state index in [0.29, 0.717) is 16.5 Å². The van der Waals surface area contributed by atoms with E-state index in [0.717, 1.165) is 17.5 Å². The SMILES string of the molecule is CCc1ccc(Cc2cc(Br)c(O)cc2C#N)cc1. The van der Waals surface area contributed by atoms with Gasteiger partial charge in [-0.2, -0.15) is 5.26 Å². The summed E-state index contributed by atoms with van der Waals surface area (Å²) in [7, 11) is 0. The third-order valence-electron chi connectivity index (χ3n) is 3.12. The number of phenols is 1. The second-order valence-corrected chi connectivity index (χ2v) is 5.27. The van der Waals surface area contributed by atoms with Crippen LogP contribution in [0, 0.1) is 11.3 Å². The molecule has 0 spiro atoms. The summed E-state index contributed by atoms with van der Waals surface area (Å²) in [6.45, 7) is 2.12. The number of halogens is 1. The lowest BCUT2D eigenvalue weighted by molar-refractivity contribution is 0.471. The Kier molecular flexibility index (Phi) is 4.24. The van der Waals surface area contributed by atoms with Crippen molar-refractivity contribution in [1.82, 2.24) is 0 Å². The van der Waals surface area contributed by atoms with Crippen molar-refractivity contribution < 1.29 is 5.11 Å². The fourth-order valence-corrected chi connectivity index (χ4v) is 2.36. The van der Waals surface area contributed by atoms with Gasteiger partial charge >= 0.3 is 0 Å². The van der Waals surface area contributed by atoms with Crippen molar-refractivity contribution in [2.24, 2.45) is 0 Å². The maximum Gasteiger partial charge on any atom is 0.131 e.